The van der Waals surface area contributed by atoms with Gasteiger partial charge in [-0.2, -0.15) is 4.98 Å². The highest BCUT2D eigenvalue weighted by Crippen LogP contribution is 2.19. The van der Waals surface area contributed by atoms with Gasteiger partial charge in [0.25, 0.3) is 0 Å². The van der Waals surface area contributed by atoms with E-state index in [-0.39, 0.29) is 5.91 Å². The van der Waals surface area contributed by atoms with E-state index in [1.165, 1.54) is 0 Å². The minimum Gasteiger partial charge on any atom is -0.354 e. The molecule has 0 bridgehead atoms. The molecule has 1 unspecified atom stereocenters. The maximum absolute atomic E-state index is 12.4. The van der Waals surface area contributed by atoms with Gasteiger partial charge in [0.1, 0.15) is 6.04 Å². The summed E-state index contributed by atoms with van der Waals surface area (Å²) in [5.41, 5.74) is 2.93. The molecule has 1 amide bonds. The molecule has 0 aliphatic carbocycles. The van der Waals surface area contributed by atoms with Crippen LogP contribution < -0.4 is 10.6 Å². The zero-order valence-electron chi connectivity index (χ0n) is 14.2. The number of benzene rings is 1. The van der Waals surface area contributed by atoms with E-state index in [9.17, 15) is 4.79 Å². The molecular formula is C18H20N6O2. The van der Waals surface area contributed by atoms with Crippen molar-refractivity contribution in [3.05, 3.63) is 65.3 Å². The van der Waals surface area contributed by atoms with E-state index in [2.05, 4.69) is 30.7 Å². The number of aromatic nitrogens is 4. The number of fused-ring (bicyclic) bond motifs is 1. The number of imidazole rings is 1. The van der Waals surface area contributed by atoms with E-state index in [1.807, 2.05) is 30.3 Å². The lowest BCUT2D eigenvalue weighted by atomic mass is 10.1. The summed E-state index contributed by atoms with van der Waals surface area (Å²) in [6.07, 6.45) is 3.61. The number of nitrogens with one attached hydrogen (secondary N) is 3. The molecule has 1 aliphatic heterocycles. The van der Waals surface area contributed by atoms with E-state index in [1.54, 1.807) is 6.33 Å². The molecule has 1 aliphatic rings. The molecule has 0 saturated carbocycles. The molecule has 1 atom stereocenters. The summed E-state index contributed by atoms with van der Waals surface area (Å²) in [4.78, 5) is 24.1. The molecular weight excluding hydrogens is 332 g/mol. The van der Waals surface area contributed by atoms with E-state index in [4.69, 9.17) is 4.52 Å². The SMILES string of the molecule is O=C(NCCc1nc(Cc2ccccc2)no1)C1NCCc2[nH]cnc21. The predicted octanol–water partition coefficient (Wildman–Crippen LogP) is 0.929. The fourth-order valence-electron chi connectivity index (χ4n) is 3.07. The first-order chi connectivity index (χ1) is 12.8. The first-order valence-electron chi connectivity index (χ1n) is 8.68. The van der Waals surface area contributed by atoms with Gasteiger partial charge < -0.3 is 20.1 Å². The van der Waals surface area contributed by atoms with Crippen LogP contribution in [-0.4, -0.2) is 39.1 Å². The summed E-state index contributed by atoms with van der Waals surface area (Å²) in [5, 5.41) is 10.1. The highest BCUT2D eigenvalue weighted by molar-refractivity contribution is 5.83. The lowest BCUT2D eigenvalue weighted by Crippen LogP contribution is -2.42. The molecule has 0 fully saturated rings. The Morgan fingerprint density at radius 1 is 1.31 bits per heavy atom. The van der Waals surface area contributed by atoms with Crippen LogP contribution >= 0.6 is 0 Å². The topological polar surface area (TPSA) is 109 Å². The van der Waals surface area contributed by atoms with Gasteiger partial charge in [-0.3, -0.25) is 4.79 Å². The van der Waals surface area contributed by atoms with Gasteiger partial charge >= 0.3 is 0 Å². The Hall–Kier alpha value is -3.00. The van der Waals surface area contributed by atoms with E-state index >= 15 is 0 Å². The van der Waals surface area contributed by atoms with Crippen molar-refractivity contribution >= 4 is 5.91 Å². The number of hydrogen-bond donors (Lipinski definition) is 3. The monoisotopic (exact) mass is 352 g/mol. The summed E-state index contributed by atoms with van der Waals surface area (Å²) in [6, 6.07) is 9.57. The summed E-state index contributed by atoms with van der Waals surface area (Å²) in [7, 11) is 0. The van der Waals surface area contributed by atoms with Gasteiger partial charge in [-0.15, -0.1) is 0 Å². The molecule has 2 aromatic heterocycles. The highest BCUT2D eigenvalue weighted by atomic mass is 16.5. The number of carbonyl (C=O) groups excluding carboxylic acids is 1. The Morgan fingerprint density at radius 3 is 3.08 bits per heavy atom. The second-order valence-electron chi connectivity index (χ2n) is 6.21. The number of nitrogens with zero attached hydrogens (tertiary/aromatic N) is 3. The average Bonchev–Trinajstić information content (AvgIpc) is 3.31. The van der Waals surface area contributed by atoms with Gasteiger partial charge in [0.15, 0.2) is 5.82 Å². The maximum atomic E-state index is 12.4. The normalized spacial score (nSPS) is 16.2. The van der Waals surface area contributed by atoms with Crippen LogP contribution in [0.4, 0.5) is 0 Å². The summed E-state index contributed by atoms with van der Waals surface area (Å²) < 4.78 is 5.26. The molecule has 3 N–H and O–H groups in total. The number of hydrogen-bond acceptors (Lipinski definition) is 6. The van der Waals surface area contributed by atoms with Crippen LogP contribution in [0.25, 0.3) is 0 Å². The quantitative estimate of drug-likeness (QED) is 0.609. The molecule has 3 heterocycles. The highest BCUT2D eigenvalue weighted by Gasteiger charge is 2.28. The van der Waals surface area contributed by atoms with Crippen LogP contribution in [0.5, 0.6) is 0 Å². The van der Waals surface area contributed by atoms with Crippen molar-refractivity contribution in [2.24, 2.45) is 0 Å². The largest absolute Gasteiger partial charge is 0.354 e. The first-order valence-corrected chi connectivity index (χ1v) is 8.68. The minimum atomic E-state index is -0.415. The molecule has 0 saturated heterocycles. The van der Waals surface area contributed by atoms with Crippen molar-refractivity contribution in [2.45, 2.75) is 25.3 Å². The van der Waals surface area contributed by atoms with Crippen LogP contribution in [0.1, 0.15) is 34.7 Å². The zero-order chi connectivity index (χ0) is 17.8. The Kier molecular flexibility index (Phi) is 4.74. The Bertz CT molecular complexity index is 873. The first kappa shape index (κ1) is 16.5. The van der Waals surface area contributed by atoms with Crippen molar-refractivity contribution in [2.75, 3.05) is 13.1 Å². The molecule has 1 aromatic carbocycles. The lowest BCUT2D eigenvalue weighted by Gasteiger charge is -2.21. The number of rotatable bonds is 6. The van der Waals surface area contributed by atoms with Crippen LogP contribution in [0.3, 0.4) is 0 Å². The fraction of sp³-hybridized carbons (Fsp3) is 0.333. The number of amides is 1. The molecule has 4 rings (SSSR count). The van der Waals surface area contributed by atoms with Crippen LogP contribution in [0.15, 0.2) is 41.2 Å². The minimum absolute atomic E-state index is 0.0953. The number of H-pyrrole nitrogens is 1. The molecule has 8 heteroatoms. The van der Waals surface area contributed by atoms with E-state index in [0.717, 1.165) is 29.9 Å². The molecule has 8 nitrogen and oxygen atoms in total. The molecule has 134 valence electrons. The van der Waals surface area contributed by atoms with Crippen molar-refractivity contribution in [3.8, 4) is 0 Å². The van der Waals surface area contributed by atoms with Crippen molar-refractivity contribution in [3.63, 3.8) is 0 Å². The molecule has 26 heavy (non-hydrogen) atoms. The number of aromatic amines is 1. The third kappa shape index (κ3) is 3.65. The zero-order valence-corrected chi connectivity index (χ0v) is 14.2. The summed E-state index contributed by atoms with van der Waals surface area (Å²) in [5.74, 6) is 1.07. The molecule has 3 aromatic rings. The average molecular weight is 352 g/mol. The van der Waals surface area contributed by atoms with E-state index < -0.39 is 6.04 Å². The van der Waals surface area contributed by atoms with Crippen molar-refractivity contribution in [1.82, 2.24) is 30.7 Å². The van der Waals surface area contributed by atoms with Crippen molar-refractivity contribution in [1.29, 1.82) is 0 Å². The Morgan fingerprint density at radius 2 is 2.19 bits per heavy atom. The third-order valence-corrected chi connectivity index (χ3v) is 4.36. The van der Waals surface area contributed by atoms with Gasteiger partial charge in [0.05, 0.1) is 12.0 Å². The summed E-state index contributed by atoms with van der Waals surface area (Å²) >= 11 is 0. The standard InChI is InChI=1S/C18H20N6O2/c25-18(17-16-13(6-8-19-17)21-11-22-16)20-9-7-15-23-14(24-26-15)10-12-4-2-1-3-5-12/h1-5,11,17,19H,6-10H2,(H,20,25)(H,21,22). The van der Waals surface area contributed by atoms with Crippen LogP contribution in [0, 0.1) is 0 Å². The molecule has 0 radical (unpaired) electrons. The van der Waals surface area contributed by atoms with Gasteiger partial charge in [-0.25, -0.2) is 4.98 Å². The Labute approximate surface area is 150 Å². The summed E-state index contributed by atoms with van der Waals surface area (Å²) in [6.45, 7) is 1.18. The second kappa shape index (κ2) is 7.49. The van der Waals surface area contributed by atoms with Gasteiger partial charge in [0.2, 0.25) is 11.8 Å². The smallest absolute Gasteiger partial charge is 0.243 e. The maximum Gasteiger partial charge on any atom is 0.243 e. The third-order valence-electron chi connectivity index (χ3n) is 4.36. The van der Waals surface area contributed by atoms with Gasteiger partial charge in [-0.1, -0.05) is 35.5 Å². The van der Waals surface area contributed by atoms with E-state index in [0.29, 0.717) is 31.1 Å². The van der Waals surface area contributed by atoms with Gasteiger partial charge in [-0.05, 0) is 5.56 Å². The lowest BCUT2D eigenvalue weighted by molar-refractivity contribution is -0.123. The predicted molar refractivity (Wildman–Crippen MR) is 93.3 cm³/mol. The number of carbonyl (C=O) groups is 1. The molecule has 0 spiro atoms. The second-order valence-corrected chi connectivity index (χ2v) is 6.21. The Balaban J connectivity index is 1.28. The van der Waals surface area contributed by atoms with Crippen LogP contribution in [0.2, 0.25) is 0 Å². The van der Waals surface area contributed by atoms with Crippen molar-refractivity contribution < 1.29 is 9.32 Å². The van der Waals surface area contributed by atoms with Crippen LogP contribution in [-0.2, 0) is 24.1 Å². The van der Waals surface area contributed by atoms with Gasteiger partial charge in [0, 0.05) is 38.0 Å². The fourth-order valence-corrected chi connectivity index (χ4v) is 3.07.